The molecule has 0 saturated carbocycles. The van der Waals surface area contributed by atoms with Crippen molar-refractivity contribution in [1.29, 1.82) is 0 Å². The molecule has 3 aromatic rings. The molecule has 1 aliphatic rings. The van der Waals surface area contributed by atoms with E-state index in [1.807, 2.05) is 26.0 Å². The van der Waals surface area contributed by atoms with Crippen LogP contribution in [0.3, 0.4) is 0 Å². The first-order valence-electron chi connectivity index (χ1n) is 12.1. The molecule has 7 nitrogen and oxygen atoms in total. The summed E-state index contributed by atoms with van der Waals surface area (Å²) in [6.45, 7) is 6.43. The number of rotatable bonds is 8. The third-order valence-electron chi connectivity index (χ3n) is 6.17. The second-order valence-corrected chi connectivity index (χ2v) is 8.83. The van der Waals surface area contributed by atoms with Gasteiger partial charge in [0.1, 0.15) is 23.0 Å². The summed E-state index contributed by atoms with van der Waals surface area (Å²) in [5.41, 5.74) is 2.15. The Kier molecular flexibility index (Phi) is 7.74. The molecule has 37 heavy (non-hydrogen) atoms. The summed E-state index contributed by atoms with van der Waals surface area (Å²) < 4.78 is 11.3. The maximum absolute atomic E-state index is 13.4. The Morgan fingerprint density at radius 2 is 1.65 bits per heavy atom. The molecule has 1 unspecified atom stereocenters. The number of Topliss-reactive ketones (excluding diaryl/α,β-unsaturated/α-hetero) is 1. The van der Waals surface area contributed by atoms with Crippen molar-refractivity contribution >= 4 is 34.7 Å². The highest BCUT2D eigenvalue weighted by molar-refractivity contribution is 6.51. The standard InChI is InChI=1S/C29H28ClNO6/c1-4-17-7-10-19(11-8-17)31-26(18-9-14-23(32)22(30)15-18)25(28(34)29(31)35)27(33)21-13-12-20(36-5-2)16-24(21)37-6-3/h7-16,26,32-33H,4-6H2,1-3H3/b27-25-. The number of hydrogen-bond acceptors (Lipinski definition) is 6. The highest BCUT2D eigenvalue weighted by atomic mass is 35.5. The van der Waals surface area contributed by atoms with Gasteiger partial charge < -0.3 is 19.7 Å². The van der Waals surface area contributed by atoms with E-state index in [0.717, 1.165) is 12.0 Å². The first-order valence-corrected chi connectivity index (χ1v) is 12.5. The largest absolute Gasteiger partial charge is 0.507 e. The first-order chi connectivity index (χ1) is 17.8. The summed E-state index contributed by atoms with van der Waals surface area (Å²) in [7, 11) is 0. The average Bonchev–Trinajstić information content (AvgIpc) is 3.16. The molecule has 8 heteroatoms. The van der Waals surface area contributed by atoms with Gasteiger partial charge in [0.15, 0.2) is 0 Å². The van der Waals surface area contributed by atoms with Crippen LogP contribution in [0.25, 0.3) is 5.76 Å². The second kappa shape index (κ2) is 11.0. The van der Waals surface area contributed by atoms with E-state index in [2.05, 4.69) is 0 Å². The van der Waals surface area contributed by atoms with E-state index in [0.29, 0.717) is 36.0 Å². The second-order valence-electron chi connectivity index (χ2n) is 8.42. The molecule has 1 saturated heterocycles. The van der Waals surface area contributed by atoms with Crippen molar-refractivity contribution < 1.29 is 29.3 Å². The molecule has 0 aromatic heterocycles. The average molecular weight is 522 g/mol. The molecule has 1 aliphatic heterocycles. The van der Waals surface area contributed by atoms with Crippen LogP contribution in [0.2, 0.25) is 5.02 Å². The molecule has 2 N–H and O–H groups in total. The minimum absolute atomic E-state index is 0.0560. The van der Waals surface area contributed by atoms with Crippen LogP contribution in [0.15, 0.2) is 66.2 Å². The van der Waals surface area contributed by atoms with E-state index in [4.69, 9.17) is 21.1 Å². The predicted molar refractivity (Wildman–Crippen MR) is 142 cm³/mol. The fourth-order valence-corrected chi connectivity index (χ4v) is 4.56. The van der Waals surface area contributed by atoms with Crippen molar-refractivity contribution in [3.63, 3.8) is 0 Å². The number of aryl methyl sites for hydroxylation is 1. The number of benzene rings is 3. The Hall–Kier alpha value is -3.97. The lowest BCUT2D eigenvalue weighted by Crippen LogP contribution is -2.29. The Labute approximate surface area is 220 Å². The maximum Gasteiger partial charge on any atom is 0.300 e. The summed E-state index contributed by atoms with van der Waals surface area (Å²) in [6.07, 6.45) is 0.814. The van der Waals surface area contributed by atoms with Gasteiger partial charge in [-0.05, 0) is 67.8 Å². The van der Waals surface area contributed by atoms with E-state index in [-0.39, 0.29) is 27.7 Å². The summed E-state index contributed by atoms with van der Waals surface area (Å²) in [5.74, 6) is -1.30. The molecule has 4 rings (SSSR count). The smallest absolute Gasteiger partial charge is 0.300 e. The predicted octanol–water partition coefficient (Wildman–Crippen LogP) is 6.03. The van der Waals surface area contributed by atoms with Crippen LogP contribution in [0.5, 0.6) is 17.2 Å². The summed E-state index contributed by atoms with van der Waals surface area (Å²) >= 11 is 6.21. The summed E-state index contributed by atoms with van der Waals surface area (Å²) in [4.78, 5) is 28.2. The van der Waals surface area contributed by atoms with Gasteiger partial charge in [-0.3, -0.25) is 14.5 Å². The lowest BCUT2D eigenvalue weighted by atomic mass is 9.94. The minimum atomic E-state index is -0.994. The van der Waals surface area contributed by atoms with E-state index >= 15 is 0 Å². The quantitative estimate of drug-likeness (QED) is 0.213. The van der Waals surface area contributed by atoms with Crippen molar-refractivity contribution in [2.75, 3.05) is 18.1 Å². The molecular weight excluding hydrogens is 494 g/mol. The molecular formula is C29H28ClNO6. The molecule has 1 amide bonds. The molecule has 1 atom stereocenters. The van der Waals surface area contributed by atoms with Crippen LogP contribution in [-0.4, -0.2) is 35.1 Å². The fourth-order valence-electron chi connectivity index (χ4n) is 4.37. The van der Waals surface area contributed by atoms with Gasteiger partial charge in [0.2, 0.25) is 0 Å². The van der Waals surface area contributed by atoms with Gasteiger partial charge in [-0.1, -0.05) is 36.7 Å². The maximum atomic E-state index is 13.4. The third kappa shape index (κ3) is 5.00. The van der Waals surface area contributed by atoms with Crippen LogP contribution in [0.4, 0.5) is 5.69 Å². The third-order valence-corrected chi connectivity index (χ3v) is 6.48. The van der Waals surface area contributed by atoms with E-state index in [1.54, 1.807) is 43.3 Å². The van der Waals surface area contributed by atoms with Gasteiger partial charge in [-0.2, -0.15) is 0 Å². The molecule has 0 spiro atoms. The number of nitrogens with zero attached hydrogens (tertiary/aromatic N) is 1. The van der Waals surface area contributed by atoms with Crippen molar-refractivity contribution in [3.05, 3.63) is 87.9 Å². The van der Waals surface area contributed by atoms with E-state index in [1.165, 1.54) is 17.0 Å². The topological polar surface area (TPSA) is 96.3 Å². The Bertz CT molecular complexity index is 1370. The normalized spacial score (nSPS) is 16.8. The van der Waals surface area contributed by atoms with Crippen LogP contribution in [-0.2, 0) is 16.0 Å². The molecule has 192 valence electrons. The molecule has 1 heterocycles. The van der Waals surface area contributed by atoms with Crippen LogP contribution >= 0.6 is 11.6 Å². The Morgan fingerprint density at radius 1 is 0.946 bits per heavy atom. The highest BCUT2D eigenvalue weighted by Crippen LogP contribution is 2.44. The van der Waals surface area contributed by atoms with Gasteiger partial charge in [0, 0.05) is 11.8 Å². The van der Waals surface area contributed by atoms with Crippen LogP contribution in [0, 0.1) is 0 Å². The van der Waals surface area contributed by atoms with Gasteiger partial charge >= 0.3 is 0 Å². The number of amides is 1. The van der Waals surface area contributed by atoms with Crippen LogP contribution in [0.1, 0.15) is 43.5 Å². The molecule has 0 aliphatic carbocycles. The lowest BCUT2D eigenvalue weighted by Gasteiger charge is -2.26. The van der Waals surface area contributed by atoms with Crippen molar-refractivity contribution in [2.45, 2.75) is 33.2 Å². The zero-order valence-electron chi connectivity index (χ0n) is 20.8. The molecule has 0 radical (unpaired) electrons. The number of aromatic hydroxyl groups is 1. The number of aliphatic hydroxyl groups excluding tert-OH is 1. The number of ketones is 1. The van der Waals surface area contributed by atoms with Crippen molar-refractivity contribution in [2.24, 2.45) is 0 Å². The SMILES string of the molecule is CCOc1ccc(/C(O)=C2/C(=O)C(=O)N(c3ccc(CC)cc3)C2c2ccc(O)c(Cl)c2)c(OCC)c1. The number of phenols is 1. The number of carbonyl (C=O) groups is 2. The molecule has 1 fully saturated rings. The van der Waals surface area contributed by atoms with E-state index < -0.39 is 17.7 Å². The van der Waals surface area contributed by atoms with Crippen molar-refractivity contribution in [1.82, 2.24) is 0 Å². The van der Waals surface area contributed by atoms with Gasteiger partial charge in [-0.15, -0.1) is 0 Å². The van der Waals surface area contributed by atoms with Crippen LogP contribution < -0.4 is 14.4 Å². The number of carbonyl (C=O) groups excluding carboxylic acids is 2. The van der Waals surface area contributed by atoms with Gasteiger partial charge in [0.25, 0.3) is 11.7 Å². The number of halogens is 1. The van der Waals surface area contributed by atoms with Crippen molar-refractivity contribution in [3.8, 4) is 17.2 Å². The Morgan fingerprint density at radius 3 is 2.27 bits per heavy atom. The molecule has 0 bridgehead atoms. The monoisotopic (exact) mass is 521 g/mol. The van der Waals surface area contributed by atoms with E-state index in [9.17, 15) is 19.8 Å². The number of phenolic OH excluding ortho intramolecular Hbond substituents is 1. The number of aliphatic hydroxyl groups is 1. The first kappa shape index (κ1) is 26.1. The Balaban J connectivity index is 1.94. The summed E-state index contributed by atoms with van der Waals surface area (Å²) in [5, 5.41) is 21.6. The highest BCUT2D eigenvalue weighted by Gasteiger charge is 2.47. The minimum Gasteiger partial charge on any atom is -0.507 e. The zero-order chi connectivity index (χ0) is 26.7. The number of ether oxygens (including phenoxy) is 2. The summed E-state index contributed by atoms with van der Waals surface area (Å²) in [6, 6.07) is 15.6. The lowest BCUT2D eigenvalue weighted by molar-refractivity contribution is -0.132. The van der Waals surface area contributed by atoms with Gasteiger partial charge in [-0.25, -0.2) is 0 Å². The number of hydrogen-bond donors (Lipinski definition) is 2. The fraction of sp³-hybridized carbons (Fsp3) is 0.241. The zero-order valence-corrected chi connectivity index (χ0v) is 21.6. The molecule has 3 aromatic carbocycles. The van der Waals surface area contributed by atoms with Gasteiger partial charge in [0.05, 0.1) is 35.4 Å². The number of anilines is 1.